The number of allylic oxidation sites excluding steroid dienone is 1. The van der Waals surface area contributed by atoms with Crippen molar-refractivity contribution in [3.63, 3.8) is 0 Å². The number of nitrogens with one attached hydrogen (secondary N) is 1. The minimum Gasteiger partial charge on any atom is -0.452 e. The average molecular weight is 522 g/mol. The summed E-state index contributed by atoms with van der Waals surface area (Å²) >= 11 is 0. The summed E-state index contributed by atoms with van der Waals surface area (Å²) < 4.78 is 5.56. The standard InChI is InChI=1S/C33H35N3O3/c1-2-3-21-34-29-20-11-10-18-27(29)33(38)39-23-30(37)36-32(25-15-8-5-9-16-25)28-19-12-17-26(31(28)35-36)22-24-13-6-4-7-14-24/h4-11,13-16,18,20,22,28,32,34H,2-3,12,17,19,21,23H2,1H3/b26-22+/t28-,32+/m1/s1. The highest BCUT2D eigenvalue weighted by atomic mass is 16.5. The number of esters is 1. The summed E-state index contributed by atoms with van der Waals surface area (Å²) in [5, 5.41) is 9.75. The molecule has 5 rings (SSSR count). The minimum atomic E-state index is -0.520. The second-order valence-electron chi connectivity index (χ2n) is 10.1. The van der Waals surface area contributed by atoms with Crippen LogP contribution in [0.3, 0.4) is 0 Å². The van der Waals surface area contributed by atoms with Crippen LogP contribution in [0, 0.1) is 5.92 Å². The molecule has 2 atom stereocenters. The third kappa shape index (κ3) is 6.11. The van der Waals surface area contributed by atoms with Crippen molar-refractivity contribution in [1.82, 2.24) is 5.01 Å². The number of amides is 1. The highest BCUT2D eigenvalue weighted by Gasteiger charge is 2.43. The molecule has 1 saturated carbocycles. The molecule has 200 valence electrons. The van der Waals surface area contributed by atoms with Crippen LogP contribution < -0.4 is 5.32 Å². The van der Waals surface area contributed by atoms with E-state index in [4.69, 9.17) is 9.84 Å². The number of hydrogen-bond donors (Lipinski definition) is 1. The van der Waals surface area contributed by atoms with E-state index >= 15 is 0 Å². The molecule has 3 aromatic carbocycles. The highest BCUT2D eigenvalue weighted by molar-refractivity contribution is 6.08. The van der Waals surface area contributed by atoms with Crippen LogP contribution in [0.5, 0.6) is 0 Å². The first-order valence-corrected chi connectivity index (χ1v) is 13.9. The first-order valence-electron chi connectivity index (χ1n) is 13.9. The van der Waals surface area contributed by atoms with Gasteiger partial charge in [-0.25, -0.2) is 9.80 Å². The zero-order chi connectivity index (χ0) is 27.0. The van der Waals surface area contributed by atoms with E-state index in [9.17, 15) is 9.59 Å². The van der Waals surface area contributed by atoms with Gasteiger partial charge in [0.1, 0.15) is 0 Å². The first-order chi connectivity index (χ1) is 19.2. The number of carbonyl (C=O) groups is 2. The van der Waals surface area contributed by atoms with Crippen LogP contribution in [0.25, 0.3) is 6.08 Å². The van der Waals surface area contributed by atoms with Crippen LogP contribution >= 0.6 is 0 Å². The number of hydrogen-bond acceptors (Lipinski definition) is 5. The number of hydrazone groups is 1. The van der Waals surface area contributed by atoms with E-state index in [2.05, 4.69) is 30.4 Å². The van der Waals surface area contributed by atoms with Crippen molar-refractivity contribution in [3.8, 4) is 0 Å². The predicted molar refractivity (Wildman–Crippen MR) is 155 cm³/mol. The van der Waals surface area contributed by atoms with Crippen molar-refractivity contribution in [2.45, 2.75) is 45.1 Å². The van der Waals surface area contributed by atoms with E-state index in [1.165, 1.54) is 0 Å². The Kier molecular flexibility index (Phi) is 8.51. The van der Waals surface area contributed by atoms with E-state index < -0.39 is 5.97 Å². The van der Waals surface area contributed by atoms with Crippen LogP contribution in [0.15, 0.2) is 95.6 Å². The fraction of sp³-hybridized carbons (Fsp3) is 0.303. The molecule has 1 aliphatic heterocycles. The van der Waals surface area contributed by atoms with E-state index in [0.29, 0.717) is 11.3 Å². The summed E-state index contributed by atoms with van der Waals surface area (Å²) in [4.78, 5) is 26.6. The Hall–Kier alpha value is -4.19. The molecule has 1 N–H and O–H groups in total. The lowest BCUT2D eigenvalue weighted by Gasteiger charge is -2.29. The van der Waals surface area contributed by atoms with Crippen LogP contribution in [-0.4, -0.2) is 35.7 Å². The maximum absolute atomic E-state index is 13.6. The molecule has 6 heteroatoms. The van der Waals surface area contributed by atoms with E-state index in [1.807, 2.05) is 60.7 Å². The van der Waals surface area contributed by atoms with Crippen molar-refractivity contribution >= 4 is 29.4 Å². The molecule has 1 heterocycles. The molecule has 3 aromatic rings. The topological polar surface area (TPSA) is 71.0 Å². The van der Waals surface area contributed by atoms with Gasteiger partial charge in [0.15, 0.2) is 6.61 Å². The number of anilines is 1. The predicted octanol–water partition coefficient (Wildman–Crippen LogP) is 6.88. The van der Waals surface area contributed by atoms with Crippen molar-refractivity contribution in [2.75, 3.05) is 18.5 Å². The SMILES string of the molecule is CCCCNc1ccccc1C(=O)OCC(=O)N1N=C2/C(=C/c3ccccc3)CCC[C@H]2[C@@H]1c1ccccc1. The van der Waals surface area contributed by atoms with Crippen LogP contribution in [0.4, 0.5) is 5.69 Å². The maximum atomic E-state index is 13.6. The van der Waals surface area contributed by atoms with Gasteiger partial charge in [0.2, 0.25) is 0 Å². The van der Waals surface area contributed by atoms with Crippen molar-refractivity contribution < 1.29 is 14.3 Å². The smallest absolute Gasteiger partial charge is 0.340 e. The lowest BCUT2D eigenvalue weighted by molar-refractivity contribution is -0.137. The number of rotatable bonds is 9. The molecule has 0 unspecified atom stereocenters. The molecule has 1 fully saturated rings. The van der Waals surface area contributed by atoms with Gasteiger partial charge in [0.25, 0.3) is 5.91 Å². The van der Waals surface area contributed by atoms with Gasteiger partial charge in [0.05, 0.1) is 17.3 Å². The van der Waals surface area contributed by atoms with Gasteiger partial charge in [-0.1, -0.05) is 86.1 Å². The Balaban J connectivity index is 1.37. The lowest BCUT2D eigenvalue weighted by Crippen LogP contribution is -2.34. The first kappa shape index (κ1) is 26.4. The Morgan fingerprint density at radius 2 is 1.72 bits per heavy atom. The third-order valence-corrected chi connectivity index (χ3v) is 7.36. The van der Waals surface area contributed by atoms with Crippen molar-refractivity contribution in [3.05, 3.63) is 107 Å². The molecule has 0 aromatic heterocycles. The van der Waals surface area contributed by atoms with Crippen molar-refractivity contribution in [2.24, 2.45) is 11.0 Å². The van der Waals surface area contributed by atoms with Crippen LogP contribution in [0.1, 0.15) is 66.6 Å². The molecule has 1 aliphatic carbocycles. The Morgan fingerprint density at radius 1 is 1.00 bits per heavy atom. The average Bonchev–Trinajstić information content (AvgIpc) is 3.38. The molecule has 2 aliphatic rings. The van der Waals surface area contributed by atoms with E-state index in [1.54, 1.807) is 17.1 Å². The second-order valence-corrected chi connectivity index (χ2v) is 10.1. The lowest BCUT2D eigenvalue weighted by atomic mass is 9.77. The summed E-state index contributed by atoms with van der Waals surface area (Å²) in [5.41, 5.74) is 5.43. The fourth-order valence-electron chi connectivity index (χ4n) is 5.43. The summed E-state index contributed by atoms with van der Waals surface area (Å²) in [6, 6.07) is 27.3. The van der Waals surface area contributed by atoms with Gasteiger partial charge in [0, 0.05) is 18.2 Å². The summed E-state index contributed by atoms with van der Waals surface area (Å²) in [7, 11) is 0. The molecule has 0 bridgehead atoms. The number of benzene rings is 3. The molecule has 0 spiro atoms. The van der Waals surface area contributed by atoms with Gasteiger partial charge in [-0.15, -0.1) is 0 Å². The summed E-state index contributed by atoms with van der Waals surface area (Å²) in [5.74, 6) is -0.748. The van der Waals surface area contributed by atoms with Gasteiger partial charge >= 0.3 is 5.97 Å². The molecular weight excluding hydrogens is 486 g/mol. The number of nitrogens with zero attached hydrogens (tertiary/aromatic N) is 2. The Labute approximate surface area is 230 Å². The number of carbonyl (C=O) groups excluding carboxylic acids is 2. The summed E-state index contributed by atoms with van der Waals surface area (Å²) in [6.07, 6.45) is 7.14. The van der Waals surface area contributed by atoms with Crippen LogP contribution in [0.2, 0.25) is 0 Å². The molecular formula is C33H35N3O3. The van der Waals surface area contributed by atoms with Crippen LogP contribution in [-0.2, 0) is 9.53 Å². The quantitative estimate of drug-likeness (QED) is 0.246. The molecule has 6 nitrogen and oxygen atoms in total. The second kappa shape index (κ2) is 12.6. The molecule has 0 saturated heterocycles. The Morgan fingerprint density at radius 3 is 2.49 bits per heavy atom. The summed E-state index contributed by atoms with van der Waals surface area (Å²) in [6.45, 7) is 2.52. The molecule has 39 heavy (non-hydrogen) atoms. The number of unbranched alkanes of at least 4 members (excludes halogenated alkanes) is 1. The number of fused-ring (bicyclic) bond motifs is 1. The highest BCUT2D eigenvalue weighted by Crippen LogP contribution is 2.44. The van der Waals surface area contributed by atoms with Gasteiger partial charge < -0.3 is 10.1 Å². The number of ether oxygens (including phenoxy) is 1. The molecule has 1 amide bonds. The van der Waals surface area contributed by atoms with Gasteiger partial charge in [-0.3, -0.25) is 4.79 Å². The third-order valence-electron chi connectivity index (χ3n) is 7.36. The van der Waals surface area contributed by atoms with Gasteiger partial charge in [-0.2, -0.15) is 5.10 Å². The van der Waals surface area contributed by atoms with E-state index in [0.717, 1.165) is 61.1 Å². The zero-order valence-electron chi connectivity index (χ0n) is 22.4. The van der Waals surface area contributed by atoms with Crippen molar-refractivity contribution in [1.29, 1.82) is 0 Å². The maximum Gasteiger partial charge on any atom is 0.340 e. The normalized spacial score (nSPS) is 19.4. The Bertz CT molecular complexity index is 1350. The largest absolute Gasteiger partial charge is 0.452 e. The van der Waals surface area contributed by atoms with Gasteiger partial charge in [-0.05, 0) is 60.6 Å². The number of para-hydroxylation sites is 1. The zero-order valence-corrected chi connectivity index (χ0v) is 22.4. The molecule has 0 radical (unpaired) electrons. The fourth-order valence-corrected chi connectivity index (χ4v) is 5.43. The minimum absolute atomic E-state index is 0.0965. The monoisotopic (exact) mass is 521 g/mol. The van der Waals surface area contributed by atoms with E-state index in [-0.39, 0.29) is 24.5 Å².